The first-order chi connectivity index (χ1) is 16.5. The van der Waals surface area contributed by atoms with Crippen LogP contribution in [-0.2, 0) is 29.7 Å². The number of benzene rings is 2. The van der Waals surface area contributed by atoms with E-state index >= 15 is 0 Å². The van der Waals surface area contributed by atoms with Crippen LogP contribution in [0.3, 0.4) is 0 Å². The molecule has 0 bridgehead atoms. The highest BCUT2D eigenvalue weighted by molar-refractivity contribution is 8.00. The van der Waals surface area contributed by atoms with E-state index in [1.54, 1.807) is 29.4 Å². The largest absolute Gasteiger partial charge is 0.350 e. The van der Waals surface area contributed by atoms with E-state index in [1.807, 2.05) is 43.4 Å². The summed E-state index contributed by atoms with van der Waals surface area (Å²) >= 11 is 1.46. The van der Waals surface area contributed by atoms with E-state index in [0.29, 0.717) is 0 Å². The van der Waals surface area contributed by atoms with Crippen molar-refractivity contribution >= 4 is 34.5 Å². The topological polar surface area (TPSA) is 67.2 Å². The van der Waals surface area contributed by atoms with Crippen LogP contribution in [0.15, 0.2) is 78.1 Å². The first-order valence-electron chi connectivity index (χ1n) is 10.9. The molecule has 1 atom stereocenters. The Morgan fingerprint density at radius 2 is 1.91 bits per heavy atom. The number of hydrogen-bond acceptors (Lipinski definition) is 4. The van der Waals surface area contributed by atoms with E-state index < -0.39 is 6.04 Å². The maximum atomic E-state index is 13.7. The molecule has 34 heavy (non-hydrogen) atoms. The van der Waals surface area contributed by atoms with E-state index in [9.17, 15) is 14.0 Å². The van der Waals surface area contributed by atoms with E-state index in [4.69, 9.17) is 0 Å². The summed E-state index contributed by atoms with van der Waals surface area (Å²) in [5.74, 6) is -0.485. The zero-order chi connectivity index (χ0) is 23.7. The first kappa shape index (κ1) is 22.2. The zero-order valence-corrected chi connectivity index (χ0v) is 19.4. The molecule has 0 aliphatic carbocycles. The summed E-state index contributed by atoms with van der Waals surface area (Å²) in [6.45, 7) is 0.502. The lowest BCUT2D eigenvalue weighted by Crippen LogP contribution is -2.43. The zero-order valence-electron chi connectivity index (χ0n) is 18.6. The fourth-order valence-corrected chi connectivity index (χ4v) is 5.47. The third-order valence-corrected chi connectivity index (χ3v) is 7.19. The number of para-hydroxylation sites is 1. The molecule has 1 aliphatic heterocycles. The van der Waals surface area contributed by atoms with Gasteiger partial charge in [-0.2, -0.15) is 0 Å². The van der Waals surface area contributed by atoms with Crippen molar-refractivity contribution in [1.29, 1.82) is 0 Å². The quantitative estimate of drug-likeness (QED) is 0.471. The average Bonchev–Trinajstić information content (AvgIpc) is 3.04. The van der Waals surface area contributed by atoms with Gasteiger partial charge in [-0.05, 0) is 35.4 Å². The van der Waals surface area contributed by atoms with E-state index in [1.165, 1.54) is 23.9 Å². The molecule has 172 valence electrons. The molecular weight excluding hydrogens is 451 g/mol. The van der Waals surface area contributed by atoms with Gasteiger partial charge in [-0.15, -0.1) is 0 Å². The van der Waals surface area contributed by atoms with Gasteiger partial charge in [0, 0.05) is 49.0 Å². The van der Waals surface area contributed by atoms with Gasteiger partial charge in [0.2, 0.25) is 11.8 Å². The number of thioether (sulfide) groups is 1. The lowest BCUT2D eigenvalue weighted by molar-refractivity contribution is -0.139. The van der Waals surface area contributed by atoms with Crippen LogP contribution < -0.4 is 5.32 Å². The molecule has 1 N–H and O–H groups in total. The summed E-state index contributed by atoms with van der Waals surface area (Å²) in [5.41, 5.74) is 3.46. The maximum absolute atomic E-state index is 13.7. The molecule has 0 saturated heterocycles. The molecule has 2 amide bonds. The first-order valence-corrected chi connectivity index (χ1v) is 11.9. The molecule has 2 aromatic heterocycles. The van der Waals surface area contributed by atoms with Crippen LogP contribution in [0.25, 0.3) is 10.9 Å². The summed E-state index contributed by atoms with van der Waals surface area (Å²) in [5, 5.41) is 4.83. The summed E-state index contributed by atoms with van der Waals surface area (Å²) in [4.78, 5) is 32.9. The lowest BCUT2D eigenvalue weighted by atomic mass is 10.0. The highest BCUT2D eigenvalue weighted by atomic mass is 32.2. The Hall–Kier alpha value is -3.65. The van der Waals surface area contributed by atoms with Crippen molar-refractivity contribution in [2.45, 2.75) is 24.2 Å². The summed E-state index contributed by atoms with van der Waals surface area (Å²) in [7, 11) is 1.96. The minimum atomic E-state index is -0.816. The number of carbonyl (C=O) groups is 2. The van der Waals surface area contributed by atoms with Crippen LogP contribution in [0.2, 0.25) is 0 Å². The molecule has 1 aliphatic rings. The second-order valence-corrected chi connectivity index (χ2v) is 9.18. The number of aromatic nitrogens is 2. The molecular formula is C26H23FN4O2S. The number of hydrogen-bond donors (Lipinski definition) is 1. The minimum absolute atomic E-state index is 0.115. The maximum Gasteiger partial charge on any atom is 0.247 e. The standard InChI is InChI=1S/C26H23FN4O2S/c1-30-21-7-3-2-6-20(21)23-24(25(33)29-14-17-8-10-19(27)11-9-17)31(22(32)16-34-26(23)30)15-18-5-4-12-28-13-18/h2-13,24H,14-16H2,1H3,(H,29,33). The van der Waals surface area contributed by atoms with Crippen LogP contribution in [0, 0.1) is 5.82 Å². The van der Waals surface area contributed by atoms with Gasteiger partial charge in [0.05, 0.1) is 10.8 Å². The van der Waals surface area contributed by atoms with Crippen LogP contribution in [0.1, 0.15) is 22.7 Å². The van der Waals surface area contributed by atoms with Gasteiger partial charge >= 0.3 is 0 Å². The van der Waals surface area contributed by atoms with E-state index in [0.717, 1.165) is 32.6 Å². The van der Waals surface area contributed by atoms with Crippen molar-refractivity contribution in [1.82, 2.24) is 19.8 Å². The number of carbonyl (C=O) groups excluding carboxylic acids is 2. The van der Waals surface area contributed by atoms with Gasteiger partial charge in [0.25, 0.3) is 0 Å². The number of rotatable bonds is 5. The molecule has 3 heterocycles. The number of nitrogens with one attached hydrogen (secondary N) is 1. The Morgan fingerprint density at radius 3 is 2.68 bits per heavy atom. The molecule has 2 aromatic carbocycles. The Labute approximate surface area is 200 Å². The van der Waals surface area contributed by atoms with Crippen LogP contribution >= 0.6 is 11.8 Å². The number of pyridine rings is 1. The monoisotopic (exact) mass is 474 g/mol. The predicted octanol–water partition coefficient (Wildman–Crippen LogP) is 4.20. The minimum Gasteiger partial charge on any atom is -0.350 e. The third kappa shape index (κ3) is 4.17. The van der Waals surface area contributed by atoms with Gasteiger partial charge in [-0.25, -0.2) is 4.39 Å². The van der Waals surface area contributed by atoms with Crippen LogP contribution in [0.5, 0.6) is 0 Å². The highest BCUT2D eigenvalue weighted by Crippen LogP contribution is 2.42. The van der Waals surface area contributed by atoms with Crippen molar-refractivity contribution < 1.29 is 14.0 Å². The molecule has 0 saturated carbocycles. The van der Waals surface area contributed by atoms with Gasteiger partial charge < -0.3 is 14.8 Å². The third-order valence-electron chi connectivity index (χ3n) is 6.03. The SMILES string of the molecule is Cn1c2c(c3ccccc31)C(C(=O)NCc1ccc(F)cc1)N(Cc1cccnc1)C(=O)CS2. The molecule has 0 radical (unpaired) electrons. The second-order valence-electron chi connectivity index (χ2n) is 8.21. The lowest BCUT2D eigenvalue weighted by Gasteiger charge is -2.30. The van der Waals surface area contributed by atoms with Crippen LogP contribution in [0.4, 0.5) is 4.39 Å². The molecule has 0 fully saturated rings. The normalized spacial score (nSPS) is 15.8. The summed E-state index contributed by atoms with van der Waals surface area (Å²) < 4.78 is 15.3. The van der Waals surface area contributed by atoms with Crippen molar-refractivity contribution in [2.24, 2.45) is 7.05 Å². The number of halogens is 1. The summed E-state index contributed by atoms with van der Waals surface area (Å²) in [6.07, 6.45) is 3.39. The van der Waals surface area contributed by atoms with Crippen molar-refractivity contribution in [3.8, 4) is 0 Å². The highest BCUT2D eigenvalue weighted by Gasteiger charge is 2.38. The Balaban J connectivity index is 1.57. The fraction of sp³-hybridized carbons (Fsp3) is 0.192. The molecule has 1 unspecified atom stereocenters. The fourth-order valence-electron chi connectivity index (χ4n) is 4.38. The molecule has 0 spiro atoms. The number of amides is 2. The Kier molecular flexibility index (Phi) is 6.06. The van der Waals surface area contributed by atoms with E-state index in [2.05, 4.69) is 14.9 Å². The van der Waals surface area contributed by atoms with Gasteiger partial charge in [0.15, 0.2) is 0 Å². The molecule has 6 nitrogen and oxygen atoms in total. The van der Waals surface area contributed by atoms with Gasteiger partial charge in [-0.1, -0.05) is 48.2 Å². The van der Waals surface area contributed by atoms with Crippen molar-refractivity contribution in [3.63, 3.8) is 0 Å². The predicted molar refractivity (Wildman–Crippen MR) is 129 cm³/mol. The number of fused-ring (bicyclic) bond motifs is 3. The summed E-state index contributed by atoms with van der Waals surface area (Å²) in [6, 6.07) is 16.8. The Morgan fingerprint density at radius 1 is 1.12 bits per heavy atom. The van der Waals surface area contributed by atoms with E-state index in [-0.39, 0.29) is 36.5 Å². The average molecular weight is 475 g/mol. The number of aryl methyl sites for hydroxylation is 1. The Bertz CT molecular complexity index is 1350. The second kappa shape index (κ2) is 9.30. The van der Waals surface area contributed by atoms with Crippen LogP contribution in [-0.4, -0.2) is 32.0 Å². The molecule has 8 heteroatoms. The smallest absolute Gasteiger partial charge is 0.247 e. The van der Waals surface area contributed by atoms with Crippen molar-refractivity contribution in [3.05, 3.63) is 95.6 Å². The molecule has 5 rings (SSSR count). The van der Waals surface area contributed by atoms with Gasteiger partial charge in [0.1, 0.15) is 11.9 Å². The van der Waals surface area contributed by atoms with Gasteiger partial charge in [-0.3, -0.25) is 14.6 Å². The van der Waals surface area contributed by atoms with Crippen molar-refractivity contribution in [2.75, 3.05) is 5.75 Å². The number of nitrogens with zero attached hydrogens (tertiary/aromatic N) is 3. The molecule has 4 aromatic rings.